The largest absolute Gasteiger partial charge is 0.507 e. The van der Waals surface area contributed by atoms with Gasteiger partial charge in [0.05, 0.1) is 23.7 Å². The molecular formula is C16H16N2O2. The van der Waals surface area contributed by atoms with Crippen LogP contribution in [0.15, 0.2) is 36.4 Å². The molecule has 0 radical (unpaired) electrons. The van der Waals surface area contributed by atoms with Crippen LogP contribution in [0.3, 0.4) is 0 Å². The number of hydrogen-bond donors (Lipinski definition) is 2. The Kier molecular flexibility index (Phi) is 3.06. The van der Waals surface area contributed by atoms with Crippen molar-refractivity contribution in [1.29, 1.82) is 0 Å². The van der Waals surface area contributed by atoms with Gasteiger partial charge in [-0.15, -0.1) is 0 Å². The summed E-state index contributed by atoms with van der Waals surface area (Å²) in [5.74, 6) is 1.51. The van der Waals surface area contributed by atoms with Crippen LogP contribution in [-0.4, -0.2) is 22.2 Å². The second-order valence-corrected chi connectivity index (χ2v) is 4.67. The van der Waals surface area contributed by atoms with E-state index in [2.05, 4.69) is 29.0 Å². The van der Waals surface area contributed by atoms with E-state index in [-0.39, 0.29) is 5.75 Å². The van der Waals surface area contributed by atoms with Gasteiger partial charge < -0.3 is 14.8 Å². The number of imidazole rings is 1. The smallest absolute Gasteiger partial charge is 0.142 e. The number of ether oxygens (including phenoxy) is 1. The molecule has 2 aromatic carbocycles. The molecule has 3 rings (SSSR count). The molecule has 0 saturated carbocycles. The summed E-state index contributed by atoms with van der Waals surface area (Å²) in [5.41, 5.74) is 3.75. The summed E-state index contributed by atoms with van der Waals surface area (Å²) >= 11 is 0. The maximum atomic E-state index is 9.99. The molecule has 0 saturated heterocycles. The van der Waals surface area contributed by atoms with E-state index < -0.39 is 0 Å². The van der Waals surface area contributed by atoms with Crippen molar-refractivity contribution in [3.8, 4) is 22.9 Å². The van der Waals surface area contributed by atoms with Gasteiger partial charge in [-0.1, -0.05) is 13.0 Å². The molecule has 0 unspecified atom stereocenters. The SMILES string of the molecule is CCc1ccc2nc(-c3cc(OC)ccc3O)[nH]c2c1. The van der Waals surface area contributed by atoms with E-state index in [0.29, 0.717) is 17.1 Å². The van der Waals surface area contributed by atoms with Gasteiger partial charge in [-0.3, -0.25) is 0 Å². The number of benzene rings is 2. The fourth-order valence-corrected chi connectivity index (χ4v) is 2.24. The standard InChI is InChI=1S/C16H16N2O2/c1-3-10-4-6-13-14(8-10)18-16(17-13)12-9-11(20-2)5-7-15(12)19/h4-9,19H,3H2,1-2H3,(H,17,18). The van der Waals surface area contributed by atoms with Crippen molar-refractivity contribution in [1.82, 2.24) is 9.97 Å². The van der Waals surface area contributed by atoms with E-state index in [1.165, 1.54) is 5.56 Å². The Morgan fingerprint density at radius 2 is 2.05 bits per heavy atom. The Balaban J connectivity index is 2.14. The number of nitrogens with one attached hydrogen (secondary N) is 1. The predicted octanol–water partition coefficient (Wildman–Crippen LogP) is 3.51. The van der Waals surface area contributed by atoms with E-state index in [1.807, 2.05) is 6.07 Å². The van der Waals surface area contributed by atoms with Crippen molar-refractivity contribution >= 4 is 11.0 Å². The minimum Gasteiger partial charge on any atom is -0.507 e. The topological polar surface area (TPSA) is 58.1 Å². The van der Waals surface area contributed by atoms with Gasteiger partial charge in [-0.25, -0.2) is 4.98 Å². The molecule has 4 nitrogen and oxygen atoms in total. The maximum Gasteiger partial charge on any atom is 0.142 e. The van der Waals surface area contributed by atoms with Gasteiger partial charge in [0.1, 0.15) is 17.3 Å². The third-order valence-electron chi connectivity index (χ3n) is 3.41. The molecule has 0 spiro atoms. The fraction of sp³-hybridized carbons (Fsp3) is 0.188. The van der Waals surface area contributed by atoms with Gasteiger partial charge in [0, 0.05) is 0 Å². The van der Waals surface area contributed by atoms with E-state index in [0.717, 1.165) is 17.5 Å². The lowest BCUT2D eigenvalue weighted by atomic mass is 10.1. The third-order valence-corrected chi connectivity index (χ3v) is 3.41. The second kappa shape index (κ2) is 4.89. The van der Waals surface area contributed by atoms with Crippen LogP contribution in [0.25, 0.3) is 22.4 Å². The third kappa shape index (κ3) is 2.09. The van der Waals surface area contributed by atoms with E-state index in [4.69, 9.17) is 4.74 Å². The van der Waals surface area contributed by atoms with Crippen molar-refractivity contribution < 1.29 is 9.84 Å². The van der Waals surface area contributed by atoms with Gasteiger partial charge in [-0.05, 0) is 42.3 Å². The van der Waals surface area contributed by atoms with Gasteiger partial charge in [0.15, 0.2) is 0 Å². The number of rotatable bonds is 3. The molecule has 20 heavy (non-hydrogen) atoms. The number of phenolic OH excluding ortho intramolecular Hbond substituents is 1. The summed E-state index contributed by atoms with van der Waals surface area (Å²) in [6, 6.07) is 11.2. The van der Waals surface area contributed by atoms with E-state index in [1.54, 1.807) is 25.3 Å². The summed E-state index contributed by atoms with van der Waals surface area (Å²) in [5, 5.41) is 9.99. The number of nitrogens with zero attached hydrogens (tertiary/aromatic N) is 1. The highest BCUT2D eigenvalue weighted by Crippen LogP contribution is 2.32. The molecule has 0 atom stereocenters. The van der Waals surface area contributed by atoms with Crippen LogP contribution < -0.4 is 4.74 Å². The van der Waals surface area contributed by atoms with E-state index >= 15 is 0 Å². The number of H-pyrrole nitrogens is 1. The minimum absolute atomic E-state index is 0.181. The average molecular weight is 268 g/mol. The number of phenols is 1. The summed E-state index contributed by atoms with van der Waals surface area (Å²) in [6.07, 6.45) is 0.981. The molecule has 2 N–H and O–H groups in total. The molecule has 1 aromatic heterocycles. The van der Waals surface area contributed by atoms with Crippen molar-refractivity contribution in [2.75, 3.05) is 7.11 Å². The van der Waals surface area contributed by atoms with Gasteiger partial charge in [0.2, 0.25) is 0 Å². The molecule has 0 aliphatic carbocycles. The maximum absolute atomic E-state index is 9.99. The molecule has 0 aliphatic rings. The second-order valence-electron chi connectivity index (χ2n) is 4.67. The average Bonchev–Trinajstić information content (AvgIpc) is 2.90. The van der Waals surface area contributed by atoms with Crippen molar-refractivity contribution in [3.63, 3.8) is 0 Å². The molecular weight excluding hydrogens is 252 g/mol. The molecule has 0 aliphatic heterocycles. The first-order chi connectivity index (χ1) is 9.71. The summed E-state index contributed by atoms with van der Waals surface area (Å²) in [7, 11) is 1.60. The van der Waals surface area contributed by atoms with E-state index in [9.17, 15) is 5.11 Å². The molecule has 102 valence electrons. The first-order valence-electron chi connectivity index (χ1n) is 6.57. The lowest BCUT2D eigenvalue weighted by Crippen LogP contribution is -1.86. The molecule has 4 heteroatoms. The zero-order valence-electron chi connectivity index (χ0n) is 11.5. The van der Waals surface area contributed by atoms with Crippen LogP contribution >= 0.6 is 0 Å². The van der Waals surface area contributed by atoms with Gasteiger partial charge in [-0.2, -0.15) is 0 Å². The molecule has 1 heterocycles. The number of fused-ring (bicyclic) bond motifs is 1. The van der Waals surface area contributed by atoms with Crippen LogP contribution in [0, 0.1) is 0 Å². The van der Waals surface area contributed by atoms with Crippen LogP contribution in [0.4, 0.5) is 0 Å². The normalized spacial score (nSPS) is 10.9. The lowest BCUT2D eigenvalue weighted by Gasteiger charge is -2.04. The Hall–Kier alpha value is -2.49. The molecule has 3 aromatic rings. The van der Waals surface area contributed by atoms with Crippen molar-refractivity contribution in [3.05, 3.63) is 42.0 Å². The van der Waals surface area contributed by atoms with Crippen molar-refractivity contribution in [2.24, 2.45) is 0 Å². The Bertz CT molecular complexity index is 762. The quantitative estimate of drug-likeness (QED) is 0.764. The Labute approximate surface area is 117 Å². The van der Waals surface area contributed by atoms with Crippen LogP contribution in [0.5, 0.6) is 11.5 Å². The van der Waals surface area contributed by atoms with Crippen LogP contribution in [0.2, 0.25) is 0 Å². The molecule has 0 fully saturated rings. The first-order valence-corrected chi connectivity index (χ1v) is 6.57. The number of methoxy groups -OCH3 is 1. The highest BCUT2D eigenvalue weighted by molar-refractivity contribution is 5.81. The minimum atomic E-state index is 0.181. The predicted molar refractivity (Wildman–Crippen MR) is 79.1 cm³/mol. The number of aromatic amines is 1. The number of aromatic hydroxyl groups is 1. The van der Waals surface area contributed by atoms with Gasteiger partial charge >= 0.3 is 0 Å². The first kappa shape index (κ1) is 12.5. The number of aromatic nitrogens is 2. The number of hydrogen-bond acceptors (Lipinski definition) is 3. The van der Waals surface area contributed by atoms with Gasteiger partial charge in [0.25, 0.3) is 0 Å². The highest BCUT2D eigenvalue weighted by atomic mass is 16.5. The zero-order chi connectivity index (χ0) is 14.1. The fourth-order valence-electron chi connectivity index (χ4n) is 2.24. The zero-order valence-corrected chi connectivity index (χ0v) is 11.5. The molecule has 0 amide bonds. The monoisotopic (exact) mass is 268 g/mol. The summed E-state index contributed by atoms with van der Waals surface area (Å²) in [4.78, 5) is 7.78. The molecule has 0 bridgehead atoms. The van der Waals surface area contributed by atoms with Crippen LogP contribution in [0.1, 0.15) is 12.5 Å². The van der Waals surface area contributed by atoms with Crippen LogP contribution in [-0.2, 0) is 6.42 Å². The Morgan fingerprint density at radius 1 is 1.20 bits per heavy atom. The van der Waals surface area contributed by atoms with Crippen molar-refractivity contribution in [2.45, 2.75) is 13.3 Å². The highest BCUT2D eigenvalue weighted by Gasteiger charge is 2.11. The lowest BCUT2D eigenvalue weighted by molar-refractivity contribution is 0.412. The Morgan fingerprint density at radius 3 is 2.80 bits per heavy atom. The summed E-state index contributed by atoms with van der Waals surface area (Å²) < 4.78 is 5.19. The number of aryl methyl sites for hydroxylation is 1. The summed E-state index contributed by atoms with van der Waals surface area (Å²) in [6.45, 7) is 2.12.